The van der Waals surface area contributed by atoms with E-state index in [0.29, 0.717) is 0 Å². The van der Waals surface area contributed by atoms with Gasteiger partial charge in [-0.25, -0.2) is 8.42 Å². The zero-order chi connectivity index (χ0) is 15.1. The van der Waals surface area contributed by atoms with Crippen molar-refractivity contribution in [2.75, 3.05) is 6.26 Å². The van der Waals surface area contributed by atoms with Gasteiger partial charge in [0, 0.05) is 12.3 Å². The predicted octanol–water partition coefficient (Wildman–Crippen LogP) is 2.53. The van der Waals surface area contributed by atoms with Gasteiger partial charge in [0.25, 0.3) is 0 Å². The van der Waals surface area contributed by atoms with Crippen molar-refractivity contribution in [2.24, 2.45) is 5.73 Å². The summed E-state index contributed by atoms with van der Waals surface area (Å²) in [6, 6.07) is 3.38. The first-order valence-electron chi connectivity index (χ1n) is 5.49. The zero-order valence-electron chi connectivity index (χ0n) is 10.8. The SMILES string of the molecule is CC(C)(C(N)c1cccc(C(F)(F)F)c1)S(C)(=O)=O. The van der Waals surface area contributed by atoms with Crippen molar-refractivity contribution >= 4 is 9.84 Å². The van der Waals surface area contributed by atoms with Crippen molar-refractivity contribution in [3.8, 4) is 0 Å². The summed E-state index contributed by atoms with van der Waals surface area (Å²) in [5.41, 5.74) is 5.13. The van der Waals surface area contributed by atoms with Crippen molar-refractivity contribution in [2.45, 2.75) is 30.8 Å². The Bertz CT molecular complexity index is 565. The molecule has 1 rings (SSSR count). The second kappa shape index (κ2) is 4.79. The van der Waals surface area contributed by atoms with E-state index in [1.165, 1.54) is 26.0 Å². The van der Waals surface area contributed by atoms with Crippen LogP contribution in [0.1, 0.15) is 31.0 Å². The number of halogens is 3. The fourth-order valence-electron chi connectivity index (χ4n) is 1.54. The quantitative estimate of drug-likeness (QED) is 0.932. The third kappa shape index (κ3) is 3.27. The molecule has 2 N–H and O–H groups in total. The van der Waals surface area contributed by atoms with Gasteiger partial charge in [-0.05, 0) is 31.5 Å². The van der Waals surface area contributed by atoms with Crippen LogP contribution in [-0.4, -0.2) is 19.4 Å². The third-order valence-electron chi connectivity index (χ3n) is 3.28. The number of benzene rings is 1. The van der Waals surface area contributed by atoms with Crippen molar-refractivity contribution in [3.63, 3.8) is 0 Å². The zero-order valence-corrected chi connectivity index (χ0v) is 11.6. The molecule has 19 heavy (non-hydrogen) atoms. The maximum Gasteiger partial charge on any atom is 0.416 e. The minimum Gasteiger partial charge on any atom is -0.323 e. The molecule has 1 atom stereocenters. The first-order chi connectivity index (χ1) is 8.37. The molecular weight excluding hydrogens is 279 g/mol. The minimum absolute atomic E-state index is 0.144. The molecule has 1 unspecified atom stereocenters. The van der Waals surface area contributed by atoms with Crippen LogP contribution in [0.5, 0.6) is 0 Å². The number of hydrogen-bond donors (Lipinski definition) is 1. The van der Waals surface area contributed by atoms with Gasteiger partial charge in [-0.2, -0.15) is 13.2 Å². The number of nitrogens with two attached hydrogens (primary N) is 1. The monoisotopic (exact) mass is 295 g/mol. The molecule has 1 aromatic carbocycles. The standard InChI is InChI=1S/C12H16F3NO2S/c1-11(2,19(3,17)18)10(16)8-5-4-6-9(7-8)12(13,14)15/h4-7,10H,16H2,1-3H3. The topological polar surface area (TPSA) is 60.2 Å². The van der Waals surface area contributed by atoms with Gasteiger partial charge in [0.05, 0.1) is 10.3 Å². The Balaban J connectivity index is 3.25. The van der Waals surface area contributed by atoms with Crippen LogP contribution in [-0.2, 0) is 16.0 Å². The lowest BCUT2D eigenvalue weighted by molar-refractivity contribution is -0.137. The highest BCUT2D eigenvalue weighted by Crippen LogP contribution is 2.34. The Morgan fingerprint density at radius 3 is 2.16 bits per heavy atom. The summed E-state index contributed by atoms with van der Waals surface area (Å²) in [4.78, 5) is 0. The van der Waals surface area contributed by atoms with Crippen LogP contribution in [0.4, 0.5) is 13.2 Å². The lowest BCUT2D eigenvalue weighted by Crippen LogP contribution is -2.42. The molecule has 0 fully saturated rings. The molecular formula is C12H16F3NO2S. The first-order valence-corrected chi connectivity index (χ1v) is 7.39. The first kappa shape index (κ1) is 16.0. The van der Waals surface area contributed by atoms with Crippen LogP contribution in [0.15, 0.2) is 24.3 Å². The summed E-state index contributed by atoms with van der Waals surface area (Å²) >= 11 is 0. The third-order valence-corrected chi connectivity index (χ3v) is 5.44. The molecule has 0 aliphatic rings. The van der Waals surface area contributed by atoms with E-state index in [1.807, 2.05) is 0 Å². The van der Waals surface area contributed by atoms with E-state index >= 15 is 0 Å². The molecule has 0 aliphatic heterocycles. The highest BCUT2D eigenvalue weighted by Gasteiger charge is 2.39. The molecule has 0 spiro atoms. The summed E-state index contributed by atoms with van der Waals surface area (Å²) < 4.78 is 59.8. The van der Waals surface area contributed by atoms with E-state index < -0.39 is 32.4 Å². The van der Waals surface area contributed by atoms with E-state index in [9.17, 15) is 21.6 Å². The molecule has 0 aromatic heterocycles. The van der Waals surface area contributed by atoms with E-state index in [1.54, 1.807) is 0 Å². The Labute approximate surface area is 110 Å². The molecule has 108 valence electrons. The second-order valence-corrected chi connectivity index (χ2v) is 7.57. The van der Waals surface area contributed by atoms with Crippen molar-refractivity contribution in [1.82, 2.24) is 0 Å². The summed E-state index contributed by atoms with van der Waals surface area (Å²) in [5, 5.41) is 0. The van der Waals surface area contributed by atoms with Gasteiger partial charge in [-0.3, -0.25) is 0 Å². The molecule has 0 bridgehead atoms. The number of alkyl halides is 3. The van der Waals surface area contributed by atoms with Gasteiger partial charge >= 0.3 is 6.18 Å². The number of hydrogen-bond acceptors (Lipinski definition) is 3. The van der Waals surface area contributed by atoms with Crippen molar-refractivity contribution in [1.29, 1.82) is 0 Å². The second-order valence-electron chi connectivity index (χ2n) is 4.98. The average Bonchev–Trinajstić information content (AvgIpc) is 2.25. The maximum absolute atomic E-state index is 12.6. The van der Waals surface area contributed by atoms with Gasteiger partial charge in [0.15, 0.2) is 9.84 Å². The smallest absolute Gasteiger partial charge is 0.323 e. The van der Waals surface area contributed by atoms with E-state index in [2.05, 4.69) is 0 Å². The number of rotatable bonds is 3. The van der Waals surface area contributed by atoms with Crippen LogP contribution in [0.3, 0.4) is 0 Å². The highest BCUT2D eigenvalue weighted by molar-refractivity contribution is 7.92. The minimum atomic E-state index is -4.48. The van der Waals surface area contributed by atoms with Crippen LogP contribution >= 0.6 is 0 Å². The summed E-state index contributed by atoms with van der Waals surface area (Å²) in [6.45, 7) is 2.79. The summed E-state index contributed by atoms with van der Waals surface area (Å²) in [5.74, 6) is 0. The molecule has 0 heterocycles. The molecule has 3 nitrogen and oxygen atoms in total. The molecule has 0 radical (unpaired) electrons. The molecule has 0 saturated carbocycles. The van der Waals surface area contributed by atoms with Crippen LogP contribution in [0.25, 0.3) is 0 Å². The van der Waals surface area contributed by atoms with E-state index in [4.69, 9.17) is 5.73 Å². The van der Waals surface area contributed by atoms with Crippen molar-refractivity contribution in [3.05, 3.63) is 35.4 Å². The van der Waals surface area contributed by atoms with Crippen LogP contribution < -0.4 is 5.73 Å². The lowest BCUT2D eigenvalue weighted by Gasteiger charge is -2.30. The largest absolute Gasteiger partial charge is 0.416 e. The normalized spacial score (nSPS) is 15.3. The molecule has 0 aliphatic carbocycles. The van der Waals surface area contributed by atoms with Gasteiger partial charge in [0.1, 0.15) is 0 Å². The van der Waals surface area contributed by atoms with Crippen molar-refractivity contribution < 1.29 is 21.6 Å². The predicted molar refractivity (Wildman–Crippen MR) is 67.3 cm³/mol. The Morgan fingerprint density at radius 1 is 1.21 bits per heavy atom. The Kier molecular flexibility index (Phi) is 4.03. The Morgan fingerprint density at radius 2 is 1.74 bits per heavy atom. The van der Waals surface area contributed by atoms with E-state index in [0.717, 1.165) is 18.4 Å². The van der Waals surface area contributed by atoms with Crippen LogP contribution in [0.2, 0.25) is 0 Å². The highest BCUT2D eigenvalue weighted by atomic mass is 32.2. The van der Waals surface area contributed by atoms with Gasteiger partial charge < -0.3 is 5.73 Å². The molecule has 0 amide bonds. The van der Waals surface area contributed by atoms with Gasteiger partial charge in [0.2, 0.25) is 0 Å². The summed E-state index contributed by atoms with van der Waals surface area (Å²) in [6.07, 6.45) is -3.47. The van der Waals surface area contributed by atoms with Crippen LogP contribution in [0, 0.1) is 0 Å². The fourth-order valence-corrected chi connectivity index (χ4v) is 2.14. The summed E-state index contributed by atoms with van der Waals surface area (Å²) in [7, 11) is -3.50. The molecule has 0 saturated heterocycles. The fraction of sp³-hybridized carbons (Fsp3) is 0.500. The molecule has 1 aromatic rings. The van der Waals surface area contributed by atoms with Gasteiger partial charge in [-0.1, -0.05) is 12.1 Å². The van der Waals surface area contributed by atoms with Gasteiger partial charge in [-0.15, -0.1) is 0 Å². The Hall–Kier alpha value is -1.08. The van der Waals surface area contributed by atoms with E-state index in [-0.39, 0.29) is 5.56 Å². The number of sulfone groups is 1. The average molecular weight is 295 g/mol. The maximum atomic E-state index is 12.6. The lowest BCUT2D eigenvalue weighted by atomic mass is 9.94. The molecule has 7 heteroatoms.